The number of nitro benzene ring substituents is 1. The molecule has 0 atom stereocenters. The molecular weight excluding hydrogens is 320 g/mol. The van der Waals surface area contributed by atoms with Crippen LogP contribution >= 0.6 is 11.8 Å². The first-order valence-corrected chi connectivity index (χ1v) is 7.60. The van der Waals surface area contributed by atoms with E-state index >= 15 is 0 Å². The molecule has 2 N–H and O–H groups in total. The summed E-state index contributed by atoms with van der Waals surface area (Å²) in [4.78, 5) is 25.7. The maximum Gasteiger partial charge on any atom is 0.342 e. The number of rotatable bonds is 7. The molecule has 0 unspecified atom stereocenters. The molecule has 0 saturated carbocycles. The molecule has 0 fully saturated rings. The minimum absolute atomic E-state index is 0.0286. The number of non-ortho nitro benzene ring substituents is 1. The maximum atomic E-state index is 11.4. The Hall–Kier alpha value is -2.68. The van der Waals surface area contributed by atoms with Crippen molar-refractivity contribution in [2.24, 2.45) is 0 Å². The number of carboxylic acids is 1. The molecule has 1 aromatic carbocycles. The Bertz CT molecular complexity index is 739. The zero-order valence-electron chi connectivity index (χ0n) is 12.2. The minimum atomic E-state index is -1.12. The number of carbonyl (C=O) groups is 1. The molecule has 0 spiro atoms. The number of benzene rings is 1. The van der Waals surface area contributed by atoms with Crippen molar-refractivity contribution in [3.63, 3.8) is 0 Å². The van der Waals surface area contributed by atoms with Gasteiger partial charge in [0.05, 0.1) is 4.92 Å². The van der Waals surface area contributed by atoms with Crippen molar-refractivity contribution in [1.29, 1.82) is 0 Å². The van der Waals surface area contributed by atoms with E-state index in [1.807, 2.05) is 6.92 Å². The van der Waals surface area contributed by atoms with Crippen molar-refractivity contribution in [1.82, 2.24) is 15.2 Å². The number of carboxylic acid groups (broad SMARTS) is 1. The van der Waals surface area contributed by atoms with Crippen LogP contribution in [0.15, 0.2) is 34.3 Å². The Morgan fingerprint density at radius 2 is 2.13 bits per heavy atom. The van der Waals surface area contributed by atoms with Gasteiger partial charge in [0.15, 0.2) is 0 Å². The van der Waals surface area contributed by atoms with E-state index in [9.17, 15) is 20.0 Å². The summed E-state index contributed by atoms with van der Waals surface area (Å²) >= 11 is 0.923. The van der Waals surface area contributed by atoms with Crippen LogP contribution in [0.2, 0.25) is 0 Å². The number of aromatic nitrogens is 3. The number of nitrogens with one attached hydrogen (secondary N) is 1. The van der Waals surface area contributed by atoms with E-state index in [1.54, 1.807) is 0 Å². The average molecular weight is 334 g/mol. The van der Waals surface area contributed by atoms with Crippen molar-refractivity contribution in [2.75, 3.05) is 0 Å². The van der Waals surface area contributed by atoms with Gasteiger partial charge in [0.1, 0.15) is 10.7 Å². The molecule has 2 rings (SSSR count). The molecule has 1 aromatic heterocycles. The number of aliphatic carboxylic acids is 1. The number of nitro groups is 1. The summed E-state index contributed by atoms with van der Waals surface area (Å²) in [6.07, 6.45) is 3.07. The highest BCUT2D eigenvalue weighted by Crippen LogP contribution is 2.26. The smallest absolute Gasteiger partial charge is 0.342 e. The van der Waals surface area contributed by atoms with Gasteiger partial charge in [-0.25, -0.2) is 9.78 Å². The number of hydrogen-bond acceptors (Lipinski definition) is 6. The largest absolute Gasteiger partial charge is 0.477 e. The van der Waals surface area contributed by atoms with Crippen molar-refractivity contribution in [3.05, 3.63) is 50.7 Å². The fourth-order valence-corrected chi connectivity index (χ4v) is 2.48. The molecule has 23 heavy (non-hydrogen) atoms. The standard InChI is InChI=1S/C14H14N4O4S/c1-2-3-12-15-14(17-16-12)23-11(13(19)20)8-9-4-6-10(7-5-9)18(21)22/h4-8H,2-3H2,1H3,(H,19,20)(H,15,16,17)/b11-8+. The van der Waals surface area contributed by atoms with Crippen molar-refractivity contribution in [2.45, 2.75) is 24.9 Å². The lowest BCUT2D eigenvalue weighted by molar-refractivity contribution is -0.384. The van der Waals surface area contributed by atoms with Gasteiger partial charge >= 0.3 is 5.97 Å². The van der Waals surface area contributed by atoms with Crippen LogP contribution < -0.4 is 0 Å². The third-order valence-corrected chi connectivity index (χ3v) is 3.69. The van der Waals surface area contributed by atoms with Gasteiger partial charge in [-0.15, -0.1) is 5.10 Å². The Balaban J connectivity index is 2.19. The van der Waals surface area contributed by atoms with Gasteiger partial charge < -0.3 is 5.11 Å². The van der Waals surface area contributed by atoms with E-state index in [-0.39, 0.29) is 10.6 Å². The molecule has 0 saturated heterocycles. The Kier molecular flexibility index (Phi) is 5.47. The number of aromatic amines is 1. The molecule has 0 bridgehead atoms. The predicted octanol–water partition coefficient (Wildman–Crippen LogP) is 2.88. The third kappa shape index (κ3) is 4.65. The van der Waals surface area contributed by atoms with Gasteiger partial charge in [0, 0.05) is 18.6 Å². The summed E-state index contributed by atoms with van der Waals surface area (Å²) in [5.74, 6) is -0.412. The fraction of sp³-hybridized carbons (Fsp3) is 0.214. The summed E-state index contributed by atoms with van der Waals surface area (Å²) in [6.45, 7) is 2.01. The minimum Gasteiger partial charge on any atom is -0.477 e. The van der Waals surface area contributed by atoms with Gasteiger partial charge in [0.2, 0.25) is 5.16 Å². The molecule has 0 amide bonds. The van der Waals surface area contributed by atoms with Crippen LogP contribution in [0.5, 0.6) is 0 Å². The van der Waals surface area contributed by atoms with Gasteiger partial charge in [0.25, 0.3) is 5.69 Å². The highest BCUT2D eigenvalue weighted by atomic mass is 32.2. The van der Waals surface area contributed by atoms with E-state index in [0.29, 0.717) is 16.5 Å². The Morgan fingerprint density at radius 3 is 2.70 bits per heavy atom. The van der Waals surface area contributed by atoms with Crippen LogP contribution in [0, 0.1) is 10.1 Å². The summed E-state index contributed by atoms with van der Waals surface area (Å²) in [6, 6.07) is 5.62. The molecule has 8 nitrogen and oxygen atoms in total. The van der Waals surface area contributed by atoms with Gasteiger partial charge in [-0.2, -0.15) is 0 Å². The van der Waals surface area contributed by atoms with Crippen LogP contribution in [0.25, 0.3) is 6.08 Å². The van der Waals surface area contributed by atoms with Gasteiger partial charge in [-0.1, -0.05) is 6.92 Å². The predicted molar refractivity (Wildman–Crippen MR) is 84.9 cm³/mol. The van der Waals surface area contributed by atoms with Crippen LogP contribution in [0.3, 0.4) is 0 Å². The quantitative estimate of drug-likeness (QED) is 0.345. The number of nitrogens with zero attached hydrogens (tertiary/aromatic N) is 3. The van der Waals surface area contributed by atoms with E-state index in [0.717, 1.165) is 24.6 Å². The molecule has 9 heteroatoms. The third-order valence-electron chi connectivity index (χ3n) is 2.81. The molecular formula is C14H14N4O4S. The molecule has 120 valence electrons. The van der Waals surface area contributed by atoms with Crippen LogP contribution in [0.4, 0.5) is 5.69 Å². The Labute approximate surface area is 135 Å². The van der Waals surface area contributed by atoms with E-state index < -0.39 is 10.9 Å². The lowest BCUT2D eigenvalue weighted by Gasteiger charge is -1.99. The molecule has 0 aliphatic carbocycles. The fourth-order valence-electron chi connectivity index (χ4n) is 1.75. The highest BCUT2D eigenvalue weighted by molar-refractivity contribution is 8.04. The van der Waals surface area contributed by atoms with E-state index in [1.165, 1.54) is 30.3 Å². The molecule has 0 aliphatic rings. The average Bonchev–Trinajstić information content (AvgIpc) is 2.95. The Morgan fingerprint density at radius 1 is 1.43 bits per heavy atom. The first-order valence-electron chi connectivity index (χ1n) is 6.78. The lowest BCUT2D eigenvalue weighted by Crippen LogP contribution is -1.97. The molecule has 0 radical (unpaired) electrons. The monoisotopic (exact) mass is 334 g/mol. The summed E-state index contributed by atoms with van der Waals surface area (Å²) in [5.41, 5.74) is 0.495. The second kappa shape index (κ2) is 7.54. The zero-order valence-corrected chi connectivity index (χ0v) is 13.0. The van der Waals surface area contributed by atoms with Crippen LogP contribution in [-0.2, 0) is 11.2 Å². The first-order chi connectivity index (χ1) is 11.0. The summed E-state index contributed by atoms with van der Waals surface area (Å²) in [7, 11) is 0. The zero-order chi connectivity index (χ0) is 16.8. The number of H-pyrrole nitrogens is 1. The topological polar surface area (TPSA) is 122 Å². The second-order valence-electron chi connectivity index (χ2n) is 4.58. The van der Waals surface area contributed by atoms with Gasteiger partial charge in [-0.05, 0) is 42.0 Å². The SMILES string of the molecule is CCCc1nc(S/C(=C/c2ccc([N+](=O)[O-])cc2)C(=O)O)n[nH]1. The number of hydrogen-bond donors (Lipinski definition) is 2. The van der Waals surface area contributed by atoms with Crippen molar-refractivity contribution >= 4 is 29.5 Å². The van der Waals surface area contributed by atoms with E-state index in [2.05, 4.69) is 15.2 Å². The van der Waals surface area contributed by atoms with Crippen molar-refractivity contribution in [3.8, 4) is 0 Å². The second-order valence-corrected chi connectivity index (χ2v) is 5.59. The maximum absolute atomic E-state index is 11.4. The molecule has 1 heterocycles. The molecule has 0 aliphatic heterocycles. The molecule has 2 aromatic rings. The first kappa shape index (κ1) is 16.7. The van der Waals surface area contributed by atoms with Crippen molar-refractivity contribution < 1.29 is 14.8 Å². The lowest BCUT2D eigenvalue weighted by atomic mass is 10.2. The summed E-state index contributed by atoms with van der Waals surface area (Å²) in [5, 5.41) is 26.9. The van der Waals surface area contributed by atoms with Gasteiger partial charge in [-0.3, -0.25) is 15.2 Å². The van der Waals surface area contributed by atoms with E-state index in [4.69, 9.17) is 0 Å². The normalized spacial score (nSPS) is 11.4. The summed E-state index contributed by atoms with van der Waals surface area (Å²) < 4.78 is 0. The van der Waals surface area contributed by atoms with Crippen LogP contribution in [-0.4, -0.2) is 31.2 Å². The highest BCUT2D eigenvalue weighted by Gasteiger charge is 2.14. The number of thioether (sulfide) groups is 1. The number of aryl methyl sites for hydroxylation is 1. The van der Waals surface area contributed by atoms with Crippen LogP contribution in [0.1, 0.15) is 24.7 Å².